The Labute approximate surface area is 80.3 Å². The highest BCUT2D eigenvalue weighted by Crippen LogP contribution is 2.35. The summed E-state index contributed by atoms with van der Waals surface area (Å²) >= 11 is 0. The van der Waals surface area contributed by atoms with E-state index >= 15 is 0 Å². The number of nitrogens with one attached hydrogen (secondary N) is 2. The zero-order chi connectivity index (χ0) is 9.90. The van der Waals surface area contributed by atoms with E-state index in [4.69, 9.17) is 0 Å². The van der Waals surface area contributed by atoms with E-state index in [0.29, 0.717) is 12.5 Å². The van der Waals surface area contributed by atoms with Crippen LogP contribution in [0.1, 0.15) is 40.0 Å². The normalized spacial score (nSPS) is 17.8. The third-order valence-corrected chi connectivity index (χ3v) is 2.90. The third-order valence-electron chi connectivity index (χ3n) is 2.90. The van der Waals surface area contributed by atoms with Crippen LogP contribution in [0.15, 0.2) is 0 Å². The standard InChI is InChI=1S/C10H20N2O/c1-4-11-9(13)12-10(2,3)8-6-5-7-8/h8H,4-7H2,1-3H3,(H2,11,12,13). The Bertz CT molecular complexity index is 185. The molecule has 13 heavy (non-hydrogen) atoms. The van der Waals surface area contributed by atoms with Crippen molar-refractivity contribution in [1.82, 2.24) is 10.6 Å². The van der Waals surface area contributed by atoms with Crippen LogP contribution in [0.4, 0.5) is 4.79 Å². The molecule has 0 heterocycles. The predicted octanol–water partition coefficient (Wildman–Crippen LogP) is 1.88. The molecule has 0 aromatic carbocycles. The smallest absolute Gasteiger partial charge is 0.315 e. The lowest BCUT2D eigenvalue weighted by molar-refractivity contribution is 0.158. The molecule has 0 atom stereocenters. The van der Waals surface area contributed by atoms with Crippen LogP contribution in [-0.2, 0) is 0 Å². The van der Waals surface area contributed by atoms with Gasteiger partial charge in [-0.2, -0.15) is 0 Å². The van der Waals surface area contributed by atoms with E-state index in [1.165, 1.54) is 19.3 Å². The van der Waals surface area contributed by atoms with Crippen molar-refractivity contribution >= 4 is 6.03 Å². The Morgan fingerprint density at radius 2 is 2.08 bits per heavy atom. The minimum absolute atomic E-state index is 0.0422. The van der Waals surface area contributed by atoms with Gasteiger partial charge < -0.3 is 10.6 Å². The van der Waals surface area contributed by atoms with Crippen molar-refractivity contribution in [3.8, 4) is 0 Å². The van der Waals surface area contributed by atoms with E-state index in [-0.39, 0.29) is 11.6 Å². The molecule has 1 aliphatic carbocycles. The van der Waals surface area contributed by atoms with E-state index in [9.17, 15) is 4.79 Å². The Morgan fingerprint density at radius 1 is 1.46 bits per heavy atom. The summed E-state index contributed by atoms with van der Waals surface area (Å²) in [5.41, 5.74) is -0.0441. The fourth-order valence-corrected chi connectivity index (χ4v) is 1.73. The second-order valence-electron chi connectivity index (χ2n) is 4.33. The zero-order valence-electron chi connectivity index (χ0n) is 8.81. The van der Waals surface area contributed by atoms with Crippen LogP contribution >= 0.6 is 0 Å². The summed E-state index contributed by atoms with van der Waals surface area (Å²) in [7, 11) is 0. The molecule has 0 aliphatic heterocycles. The van der Waals surface area contributed by atoms with Gasteiger partial charge in [-0.1, -0.05) is 6.42 Å². The number of carbonyl (C=O) groups is 1. The predicted molar refractivity (Wildman–Crippen MR) is 53.6 cm³/mol. The van der Waals surface area contributed by atoms with Crippen molar-refractivity contribution in [2.45, 2.75) is 45.6 Å². The summed E-state index contributed by atoms with van der Waals surface area (Å²) in [6, 6.07) is -0.0422. The van der Waals surface area contributed by atoms with Crippen LogP contribution in [0.3, 0.4) is 0 Å². The molecule has 0 saturated heterocycles. The number of rotatable bonds is 3. The molecule has 0 bridgehead atoms. The molecule has 1 fully saturated rings. The third kappa shape index (κ3) is 2.61. The zero-order valence-corrected chi connectivity index (χ0v) is 8.81. The van der Waals surface area contributed by atoms with E-state index < -0.39 is 0 Å². The van der Waals surface area contributed by atoms with Gasteiger partial charge in [0.05, 0.1) is 0 Å². The minimum atomic E-state index is -0.0441. The van der Waals surface area contributed by atoms with Crippen molar-refractivity contribution in [2.24, 2.45) is 5.92 Å². The van der Waals surface area contributed by atoms with Crippen molar-refractivity contribution in [2.75, 3.05) is 6.54 Å². The highest BCUT2D eigenvalue weighted by Gasteiger charge is 2.34. The van der Waals surface area contributed by atoms with Gasteiger partial charge in [-0.05, 0) is 39.5 Å². The molecule has 0 radical (unpaired) electrons. The Kier molecular flexibility index (Phi) is 3.17. The minimum Gasteiger partial charge on any atom is -0.338 e. The highest BCUT2D eigenvalue weighted by molar-refractivity contribution is 5.74. The summed E-state index contributed by atoms with van der Waals surface area (Å²) in [5, 5.41) is 5.76. The van der Waals surface area contributed by atoms with Gasteiger partial charge >= 0.3 is 6.03 Å². The van der Waals surface area contributed by atoms with Gasteiger partial charge in [-0.3, -0.25) is 0 Å². The maximum Gasteiger partial charge on any atom is 0.315 e. The first-order valence-corrected chi connectivity index (χ1v) is 5.12. The maximum atomic E-state index is 11.3. The quantitative estimate of drug-likeness (QED) is 0.691. The lowest BCUT2D eigenvalue weighted by Crippen LogP contribution is -2.54. The van der Waals surface area contributed by atoms with Crippen LogP contribution in [0.5, 0.6) is 0 Å². The highest BCUT2D eigenvalue weighted by atomic mass is 16.2. The van der Waals surface area contributed by atoms with Gasteiger partial charge in [0.2, 0.25) is 0 Å². The molecule has 3 nitrogen and oxygen atoms in total. The van der Waals surface area contributed by atoms with Crippen molar-refractivity contribution < 1.29 is 4.79 Å². The number of urea groups is 1. The number of carbonyl (C=O) groups excluding carboxylic acids is 1. The fourth-order valence-electron chi connectivity index (χ4n) is 1.73. The number of hydrogen-bond acceptors (Lipinski definition) is 1. The maximum absolute atomic E-state index is 11.3. The summed E-state index contributed by atoms with van der Waals surface area (Å²) in [4.78, 5) is 11.3. The second kappa shape index (κ2) is 3.99. The molecule has 0 unspecified atom stereocenters. The van der Waals surface area contributed by atoms with Gasteiger partial charge in [-0.25, -0.2) is 4.79 Å². The summed E-state index contributed by atoms with van der Waals surface area (Å²) in [5.74, 6) is 0.662. The molecule has 0 aromatic rings. The topological polar surface area (TPSA) is 41.1 Å². The molecular weight excluding hydrogens is 164 g/mol. The van der Waals surface area contributed by atoms with E-state index in [2.05, 4.69) is 24.5 Å². The van der Waals surface area contributed by atoms with Gasteiger partial charge in [0.25, 0.3) is 0 Å². The molecule has 0 spiro atoms. The SMILES string of the molecule is CCNC(=O)NC(C)(C)C1CCC1. The molecule has 2 amide bonds. The first-order valence-electron chi connectivity index (χ1n) is 5.12. The molecule has 1 rings (SSSR count). The number of hydrogen-bond donors (Lipinski definition) is 2. The van der Waals surface area contributed by atoms with Gasteiger partial charge in [0.1, 0.15) is 0 Å². The second-order valence-corrected chi connectivity index (χ2v) is 4.33. The Balaban J connectivity index is 2.36. The molecule has 0 aromatic heterocycles. The molecule has 3 heteroatoms. The molecule has 76 valence electrons. The average Bonchev–Trinajstić information content (AvgIpc) is 1.79. The molecule has 2 N–H and O–H groups in total. The van der Waals surface area contributed by atoms with Crippen LogP contribution < -0.4 is 10.6 Å². The van der Waals surface area contributed by atoms with E-state index in [1.807, 2.05) is 6.92 Å². The summed E-state index contributed by atoms with van der Waals surface area (Å²) < 4.78 is 0. The van der Waals surface area contributed by atoms with Gasteiger partial charge in [0.15, 0.2) is 0 Å². The molecule has 1 aliphatic rings. The first-order chi connectivity index (χ1) is 6.06. The monoisotopic (exact) mass is 184 g/mol. The summed E-state index contributed by atoms with van der Waals surface area (Å²) in [6.07, 6.45) is 3.81. The lowest BCUT2D eigenvalue weighted by Gasteiger charge is -2.40. The Hall–Kier alpha value is -0.730. The lowest BCUT2D eigenvalue weighted by atomic mass is 9.73. The van der Waals surface area contributed by atoms with Crippen LogP contribution in [0.25, 0.3) is 0 Å². The summed E-state index contributed by atoms with van der Waals surface area (Å²) in [6.45, 7) is 6.82. The van der Waals surface area contributed by atoms with Gasteiger partial charge in [-0.15, -0.1) is 0 Å². The van der Waals surface area contributed by atoms with E-state index in [1.54, 1.807) is 0 Å². The fraction of sp³-hybridized carbons (Fsp3) is 0.900. The van der Waals surface area contributed by atoms with Gasteiger partial charge in [0, 0.05) is 12.1 Å². The molecular formula is C10H20N2O. The number of amides is 2. The van der Waals surface area contributed by atoms with Crippen molar-refractivity contribution in [3.05, 3.63) is 0 Å². The first kappa shape index (κ1) is 10.4. The van der Waals surface area contributed by atoms with E-state index in [0.717, 1.165) is 0 Å². The van der Waals surface area contributed by atoms with Crippen molar-refractivity contribution in [3.63, 3.8) is 0 Å². The average molecular weight is 184 g/mol. The largest absolute Gasteiger partial charge is 0.338 e. The Morgan fingerprint density at radius 3 is 2.46 bits per heavy atom. The van der Waals surface area contributed by atoms with Crippen molar-refractivity contribution in [1.29, 1.82) is 0 Å². The van der Waals surface area contributed by atoms with Crippen LogP contribution in [-0.4, -0.2) is 18.1 Å². The van der Waals surface area contributed by atoms with Crippen LogP contribution in [0.2, 0.25) is 0 Å². The van der Waals surface area contributed by atoms with Crippen LogP contribution in [0, 0.1) is 5.92 Å². The molecule has 1 saturated carbocycles.